The lowest BCUT2D eigenvalue weighted by atomic mass is 10.3. The zero-order valence-electron chi connectivity index (χ0n) is 7.94. The fourth-order valence-corrected chi connectivity index (χ4v) is 2.28. The van der Waals surface area contributed by atoms with Gasteiger partial charge in [-0.05, 0) is 13.0 Å². The van der Waals surface area contributed by atoms with Gasteiger partial charge in [-0.15, -0.1) is 0 Å². The molecule has 1 heterocycles. The first-order valence-electron chi connectivity index (χ1n) is 4.95. The standard InChI is InChI=1S/C9H20N2S/c1-2-3-4-10-7-9-8-12-6-5-11-9/h9-11H,2-8H2,1H3. The smallest absolute Gasteiger partial charge is 0.0283 e. The number of unbranched alkanes of at least 4 members (excludes halogenated alkanes) is 1. The van der Waals surface area contributed by atoms with E-state index in [1.807, 2.05) is 0 Å². The maximum absolute atomic E-state index is 3.51. The van der Waals surface area contributed by atoms with Gasteiger partial charge < -0.3 is 10.6 Å². The van der Waals surface area contributed by atoms with Crippen molar-refractivity contribution >= 4 is 11.8 Å². The van der Waals surface area contributed by atoms with Gasteiger partial charge in [0.05, 0.1) is 0 Å². The van der Waals surface area contributed by atoms with E-state index in [0.717, 1.165) is 6.54 Å². The maximum atomic E-state index is 3.51. The van der Waals surface area contributed by atoms with Gasteiger partial charge in [0, 0.05) is 30.6 Å². The van der Waals surface area contributed by atoms with Crippen molar-refractivity contribution in [3.8, 4) is 0 Å². The molecule has 0 bridgehead atoms. The van der Waals surface area contributed by atoms with Gasteiger partial charge >= 0.3 is 0 Å². The van der Waals surface area contributed by atoms with Crippen LogP contribution in [0.3, 0.4) is 0 Å². The van der Waals surface area contributed by atoms with Crippen LogP contribution < -0.4 is 10.6 Å². The molecule has 0 aromatic rings. The molecule has 1 fully saturated rings. The summed E-state index contributed by atoms with van der Waals surface area (Å²) >= 11 is 2.06. The van der Waals surface area contributed by atoms with Gasteiger partial charge in [0.25, 0.3) is 0 Å². The Kier molecular flexibility index (Phi) is 5.82. The maximum Gasteiger partial charge on any atom is 0.0283 e. The molecule has 1 aliphatic heterocycles. The summed E-state index contributed by atoms with van der Waals surface area (Å²) in [4.78, 5) is 0. The van der Waals surface area contributed by atoms with Crippen LogP contribution in [0.1, 0.15) is 19.8 Å². The zero-order chi connectivity index (χ0) is 8.65. The van der Waals surface area contributed by atoms with Gasteiger partial charge in [0.1, 0.15) is 0 Å². The molecule has 12 heavy (non-hydrogen) atoms. The Morgan fingerprint density at radius 1 is 1.58 bits per heavy atom. The summed E-state index contributed by atoms with van der Waals surface area (Å²) in [5.74, 6) is 2.56. The monoisotopic (exact) mass is 188 g/mol. The summed E-state index contributed by atoms with van der Waals surface area (Å²) in [6, 6.07) is 0.709. The molecular formula is C9H20N2S. The van der Waals surface area contributed by atoms with Crippen LogP contribution in [-0.2, 0) is 0 Å². The predicted molar refractivity (Wildman–Crippen MR) is 56.9 cm³/mol. The largest absolute Gasteiger partial charge is 0.315 e. The van der Waals surface area contributed by atoms with Gasteiger partial charge in [-0.25, -0.2) is 0 Å². The quantitative estimate of drug-likeness (QED) is 0.631. The first-order chi connectivity index (χ1) is 5.93. The molecule has 0 aliphatic carbocycles. The lowest BCUT2D eigenvalue weighted by molar-refractivity contribution is 0.508. The number of nitrogens with one attached hydrogen (secondary N) is 2. The minimum absolute atomic E-state index is 0.709. The average Bonchev–Trinajstić information content (AvgIpc) is 2.14. The summed E-state index contributed by atoms with van der Waals surface area (Å²) in [5, 5.41) is 6.99. The van der Waals surface area contributed by atoms with Gasteiger partial charge in [0.2, 0.25) is 0 Å². The predicted octanol–water partition coefficient (Wildman–Crippen LogP) is 1.08. The summed E-state index contributed by atoms with van der Waals surface area (Å²) < 4.78 is 0. The normalized spacial score (nSPS) is 24.2. The highest BCUT2D eigenvalue weighted by atomic mass is 32.2. The van der Waals surface area contributed by atoms with E-state index >= 15 is 0 Å². The van der Waals surface area contributed by atoms with Crippen molar-refractivity contribution in [1.82, 2.24) is 10.6 Å². The Balaban J connectivity index is 1.91. The SMILES string of the molecule is CCCCNCC1CSCCN1. The summed E-state index contributed by atoms with van der Waals surface area (Å²) in [6.07, 6.45) is 2.60. The van der Waals surface area contributed by atoms with Crippen molar-refractivity contribution in [1.29, 1.82) is 0 Å². The first kappa shape index (κ1) is 10.4. The molecule has 2 N–H and O–H groups in total. The van der Waals surface area contributed by atoms with Crippen LogP contribution in [0, 0.1) is 0 Å². The number of rotatable bonds is 5. The topological polar surface area (TPSA) is 24.1 Å². The van der Waals surface area contributed by atoms with E-state index in [2.05, 4.69) is 29.3 Å². The molecule has 1 rings (SSSR count). The van der Waals surface area contributed by atoms with E-state index in [1.165, 1.54) is 37.4 Å². The minimum Gasteiger partial charge on any atom is -0.315 e. The highest BCUT2D eigenvalue weighted by molar-refractivity contribution is 7.99. The summed E-state index contributed by atoms with van der Waals surface area (Å²) in [5.41, 5.74) is 0. The molecule has 0 aromatic heterocycles. The second-order valence-electron chi connectivity index (χ2n) is 3.28. The van der Waals surface area contributed by atoms with Crippen LogP contribution in [0.25, 0.3) is 0 Å². The molecule has 0 saturated carbocycles. The van der Waals surface area contributed by atoms with Crippen molar-refractivity contribution in [3.63, 3.8) is 0 Å². The third-order valence-electron chi connectivity index (χ3n) is 2.10. The number of thioether (sulfide) groups is 1. The fourth-order valence-electron chi connectivity index (χ4n) is 1.33. The van der Waals surface area contributed by atoms with Gasteiger partial charge in [-0.2, -0.15) is 11.8 Å². The van der Waals surface area contributed by atoms with Crippen molar-refractivity contribution in [2.24, 2.45) is 0 Å². The van der Waals surface area contributed by atoms with Gasteiger partial charge in [-0.1, -0.05) is 13.3 Å². The van der Waals surface area contributed by atoms with Crippen LogP contribution in [0.2, 0.25) is 0 Å². The third-order valence-corrected chi connectivity index (χ3v) is 3.23. The average molecular weight is 188 g/mol. The van der Waals surface area contributed by atoms with E-state index in [1.54, 1.807) is 0 Å². The van der Waals surface area contributed by atoms with Gasteiger partial charge in [0.15, 0.2) is 0 Å². The van der Waals surface area contributed by atoms with Crippen LogP contribution in [0.5, 0.6) is 0 Å². The van der Waals surface area contributed by atoms with E-state index in [-0.39, 0.29) is 0 Å². The molecule has 3 heteroatoms. The molecule has 2 nitrogen and oxygen atoms in total. The highest BCUT2D eigenvalue weighted by Gasteiger charge is 2.11. The van der Waals surface area contributed by atoms with Crippen molar-refractivity contribution < 1.29 is 0 Å². The molecule has 0 radical (unpaired) electrons. The molecule has 0 amide bonds. The molecule has 72 valence electrons. The van der Waals surface area contributed by atoms with Gasteiger partial charge in [-0.3, -0.25) is 0 Å². The zero-order valence-corrected chi connectivity index (χ0v) is 8.75. The molecule has 0 spiro atoms. The third kappa shape index (κ3) is 4.33. The highest BCUT2D eigenvalue weighted by Crippen LogP contribution is 2.06. The summed E-state index contributed by atoms with van der Waals surface area (Å²) in [7, 11) is 0. The molecule has 1 saturated heterocycles. The number of hydrogen-bond donors (Lipinski definition) is 2. The van der Waals surface area contributed by atoms with Crippen molar-refractivity contribution in [2.45, 2.75) is 25.8 Å². The van der Waals surface area contributed by atoms with E-state index < -0.39 is 0 Å². The Bertz CT molecular complexity index is 103. The van der Waals surface area contributed by atoms with E-state index in [4.69, 9.17) is 0 Å². The van der Waals surface area contributed by atoms with E-state index in [0.29, 0.717) is 6.04 Å². The lowest BCUT2D eigenvalue weighted by Crippen LogP contribution is -2.44. The van der Waals surface area contributed by atoms with Crippen LogP contribution >= 0.6 is 11.8 Å². The summed E-state index contributed by atoms with van der Waals surface area (Å²) in [6.45, 7) is 5.74. The van der Waals surface area contributed by atoms with Crippen LogP contribution in [-0.4, -0.2) is 37.2 Å². The van der Waals surface area contributed by atoms with Crippen LogP contribution in [0.15, 0.2) is 0 Å². The molecule has 1 unspecified atom stereocenters. The van der Waals surface area contributed by atoms with Crippen molar-refractivity contribution in [2.75, 3.05) is 31.1 Å². The van der Waals surface area contributed by atoms with Crippen molar-refractivity contribution in [3.05, 3.63) is 0 Å². The minimum atomic E-state index is 0.709. The Morgan fingerprint density at radius 2 is 2.50 bits per heavy atom. The lowest BCUT2D eigenvalue weighted by Gasteiger charge is -2.23. The first-order valence-corrected chi connectivity index (χ1v) is 6.10. The second-order valence-corrected chi connectivity index (χ2v) is 4.43. The van der Waals surface area contributed by atoms with Crippen LogP contribution in [0.4, 0.5) is 0 Å². The second kappa shape index (κ2) is 6.75. The molecule has 1 atom stereocenters. The molecular weight excluding hydrogens is 168 g/mol. The molecule has 1 aliphatic rings. The number of hydrogen-bond acceptors (Lipinski definition) is 3. The Hall–Kier alpha value is 0.270. The fraction of sp³-hybridized carbons (Fsp3) is 1.00. The van der Waals surface area contributed by atoms with E-state index in [9.17, 15) is 0 Å². The Morgan fingerprint density at radius 3 is 3.17 bits per heavy atom. The Labute approximate surface area is 79.9 Å². The molecule has 0 aromatic carbocycles.